The van der Waals surface area contributed by atoms with Crippen LogP contribution in [-0.2, 0) is 16.4 Å². The zero-order chi connectivity index (χ0) is 29.9. The van der Waals surface area contributed by atoms with Crippen molar-refractivity contribution in [3.63, 3.8) is 0 Å². The first-order valence-corrected chi connectivity index (χ1v) is 15.0. The molecule has 1 heterocycles. The highest BCUT2D eigenvalue weighted by Crippen LogP contribution is 2.33. The van der Waals surface area contributed by atoms with Crippen LogP contribution >= 0.6 is 0 Å². The molecular weight excluding hydrogens is 560 g/mol. The zero-order valence-corrected chi connectivity index (χ0v) is 24.2. The van der Waals surface area contributed by atoms with Crippen molar-refractivity contribution in [1.82, 2.24) is 9.47 Å². The van der Waals surface area contributed by atoms with Crippen molar-refractivity contribution in [2.45, 2.75) is 55.1 Å². The standard InChI is InChI=1S/C29H34F4N4O3S/c1-36(2)19-10-12-25(23(30)16-19)35-24-8-5-9-27-22(24)15-20(37(27)18-29(31,32)33)7-6-14-34-26-13-11-21(41(4,38)39)17-28(26)40-3/h5,8-9,11,13,15,17,19,23,25,34-35H,10,12,14,16,18H2,1-4H3. The lowest BCUT2D eigenvalue weighted by molar-refractivity contribution is -0.140. The molecule has 1 aliphatic rings. The molecule has 0 aliphatic heterocycles. The molecule has 3 atom stereocenters. The van der Waals surface area contributed by atoms with Crippen LogP contribution in [0.25, 0.3) is 10.9 Å². The van der Waals surface area contributed by atoms with Crippen LogP contribution in [0.2, 0.25) is 0 Å². The molecule has 12 heteroatoms. The predicted octanol–water partition coefficient (Wildman–Crippen LogP) is 5.31. The Morgan fingerprint density at radius 3 is 2.51 bits per heavy atom. The van der Waals surface area contributed by atoms with E-state index in [1.807, 2.05) is 19.0 Å². The summed E-state index contributed by atoms with van der Waals surface area (Å²) in [7, 11) is 1.83. The van der Waals surface area contributed by atoms with E-state index < -0.39 is 34.8 Å². The van der Waals surface area contributed by atoms with Crippen LogP contribution in [0.1, 0.15) is 25.0 Å². The normalized spacial score (nSPS) is 19.6. The van der Waals surface area contributed by atoms with E-state index in [1.165, 1.54) is 19.2 Å². The number of hydrogen-bond donors (Lipinski definition) is 2. The molecule has 41 heavy (non-hydrogen) atoms. The molecule has 2 aromatic carbocycles. The molecule has 1 saturated carbocycles. The van der Waals surface area contributed by atoms with Gasteiger partial charge in [-0.25, -0.2) is 12.8 Å². The van der Waals surface area contributed by atoms with Crippen LogP contribution in [0.5, 0.6) is 5.75 Å². The van der Waals surface area contributed by atoms with E-state index in [4.69, 9.17) is 4.74 Å². The smallest absolute Gasteiger partial charge is 0.406 e. The largest absolute Gasteiger partial charge is 0.495 e. The number of fused-ring (bicyclic) bond motifs is 1. The molecule has 1 aliphatic carbocycles. The number of hydrogen-bond acceptors (Lipinski definition) is 6. The molecule has 222 valence electrons. The summed E-state index contributed by atoms with van der Waals surface area (Å²) in [6.45, 7) is -1.16. The first-order chi connectivity index (χ1) is 19.3. The molecule has 4 rings (SSSR count). The van der Waals surface area contributed by atoms with Gasteiger partial charge in [0, 0.05) is 29.4 Å². The van der Waals surface area contributed by atoms with Crippen molar-refractivity contribution in [3.8, 4) is 17.6 Å². The Morgan fingerprint density at radius 1 is 1.12 bits per heavy atom. The Bertz CT molecular complexity index is 1560. The van der Waals surface area contributed by atoms with Gasteiger partial charge in [-0.1, -0.05) is 12.0 Å². The molecule has 2 N–H and O–H groups in total. The second kappa shape index (κ2) is 12.2. The van der Waals surface area contributed by atoms with E-state index in [2.05, 4.69) is 22.5 Å². The minimum Gasteiger partial charge on any atom is -0.495 e. The highest BCUT2D eigenvalue weighted by molar-refractivity contribution is 7.90. The molecule has 7 nitrogen and oxygen atoms in total. The average Bonchev–Trinajstić information content (AvgIpc) is 3.23. The topological polar surface area (TPSA) is 75.6 Å². The van der Waals surface area contributed by atoms with Gasteiger partial charge in [-0.2, -0.15) is 13.2 Å². The Kier molecular flexibility index (Phi) is 9.09. The van der Waals surface area contributed by atoms with Crippen LogP contribution in [0.4, 0.5) is 28.9 Å². The van der Waals surface area contributed by atoms with Gasteiger partial charge in [-0.05, 0) is 69.6 Å². The van der Waals surface area contributed by atoms with Crippen LogP contribution in [-0.4, -0.2) is 76.3 Å². The fourth-order valence-corrected chi connectivity index (χ4v) is 5.75. The number of sulfone groups is 1. The van der Waals surface area contributed by atoms with Gasteiger partial charge in [0.1, 0.15) is 18.5 Å². The lowest BCUT2D eigenvalue weighted by Gasteiger charge is -2.36. The number of benzene rings is 2. The van der Waals surface area contributed by atoms with E-state index in [-0.39, 0.29) is 23.2 Å². The maximum Gasteiger partial charge on any atom is 0.406 e. The first kappa shape index (κ1) is 30.5. The average molecular weight is 595 g/mol. The van der Waals surface area contributed by atoms with Crippen LogP contribution in [0.15, 0.2) is 47.4 Å². The maximum absolute atomic E-state index is 15.0. The van der Waals surface area contributed by atoms with Gasteiger partial charge in [-0.3, -0.25) is 0 Å². The van der Waals surface area contributed by atoms with Gasteiger partial charge in [0.15, 0.2) is 9.84 Å². The fourth-order valence-electron chi connectivity index (χ4n) is 5.11. The summed E-state index contributed by atoms with van der Waals surface area (Å²) in [5, 5.41) is 6.80. The minimum atomic E-state index is -4.48. The lowest BCUT2D eigenvalue weighted by Crippen LogP contribution is -2.43. The summed E-state index contributed by atoms with van der Waals surface area (Å²) in [6.07, 6.45) is -2.66. The molecule has 3 aromatic rings. The fraction of sp³-hybridized carbons (Fsp3) is 0.448. The predicted molar refractivity (Wildman–Crippen MR) is 153 cm³/mol. The summed E-state index contributed by atoms with van der Waals surface area (Å²) in [4.78, 5) is 2.11. The van der Waals surface area contributed by atoms with E-state index in [9.17, 15) is 21.6 Å². The van der Waals surface area contributed by atoms with Gasteiger partial charge in [-0.15, -0.1) is 0 Å². The van der Waals surface area contributed by atoms with E-state index in [0.29, 0.717) is 40.9 Å². The second-order valence-electron chi connectivity index (χ2n) is 10.5. The molecule has 1 aromatic heterocycles. The van der Waals surface area contributed by atoms with Gasteiger partial charge >= 0.3 is 6.18 Å². The third-order valence-electron chi connectivity index (χ3n) is 7.28. The molecule has 0 amide bonds. The molecule has 0 spiro atoms. The van der Waals surface area contributed by atoms with Crippen LogP contribution in [0.3, 0.4) is 0 Å². The van der Waals surface area contributed by atoms with E-state index in [0.717, 1.165) is 17.2 Å². The van der Waals surface area contributed by atoms with Gasteiger partial charge in [0.25, 0.3) is 0 Å². The van der Waals surface area contributed by atoms with Gasteiger partial charge in [0.05, 0.1) is 41.5 Å². The highest BCUT2D eigenvalue weighted by Gasteiger charge is 2.33. The maximum atomic E-state index is 15.0. The number of aromatic nitrogens is 1. The molecule has 1 fully saturated rings. The van der Waals surface area contributed by atoms with Crippen molar-refractivity contribution >= 4 is 32.1 Å². The summed E-state index contributed by atoms with van der Waals surface area (Å²) in [5.74, 6) is 5.98. The first-order valence-electron chi connectivity index (χ1n) is 13.1. The Morgan fingerprint density at radius 2 is 1.88 bits per heavy atom. The quantitative estimate of drug-likeness (QED) is 0.272. The molecule has 3 unspecified atom stereocenters. The summed E-state index contributed by atoms with van der Waals surface area (Å²) in [5.41, 5.74) is 1.57. The van der Waals surface area contributed by atoms with Gasteiger partial charge in [0.2, 0.25) is 0 Å². The monoisotopic (exact) mass is 594 g/mol. The van der Waals surface area contributed by atoms with Crippen molar-refractivity contribution < 1.29 is 30.7 Å². The summed E-state index contributed by atoms with van der Waals surface area (Å²) >= 11 is 0. The molecule has 0 bridgehead atoms. The lowest BCUT2D eigenvalue weighted by atomic mass is 9.88. The Labute approximate surface area is 237 Å². The third-order valence-corrected chi connectivity index (χ3v) is 8.39. The molecular formula is C29H34F4N4O3S. The summed E-state index contributed by atoms with van der Waals surface area (Å²) in [6, 6.07) is 10.7. The number of nitrogens with zero attached hydrogens (tertiary/aromatic N) is 2. The number of halogens is 4. The number of ether oxygens (including phenoxy) is 1. The SMILES string of the molecule is COc1cc(S(C)(=O)=O)ccc1NCC#Cc1cc2c(NC3CCC(N(C)C)CC3F)cccc2n1CC(F)(F)F. The Hall–Kier alpha value is -3.43. The Balaban J connectivity index is 1.59. The van der Waals surface area contributed by atoms with Crippen LogP contribution in [0, 0.1) is 11.8 Å². The van der Waals surface area contributed by atoms with E-state index >= 15 is 4.39 Å². The zero-order valence-electron chi connectivity index (χ0n) is 23.3. The van der Waals surface area contributed by atoms with Crippen LogP contribution < -0.4 is 15.4 Å². The second-order valence-corrected chi connectivity index (χ2v) is 12.5. The summed E-state index contributed by atoms with van der Waals surface area (Å²) < 4.78 is 85.7. The van der Waals surface area contributed by atoms with Gasteiger partial charge < -0.3 is 24.8 Å². The van der Waals surface area contributed by atoms with E-state index in [1.54, 1.807) is 30.3 Å². The number of anilines is 2. The molecule has 0 radical (unpaired) electrons. The third kappa shape index (κ3) is 7.45. The number of alkyl halides is 4. The number of nitrogens with one attached hydrogen (secondary N) is 2. The van der Waals surface area contributed by atoms with Crippen molar-refractivity contribution in [2.75, 3.05) is 44.6 Å². The highest BCUT2D eigenvalue weighted by atomic mass is 32.2. The van der Waals surface area contributed by atoms with Crippen molar-refractivity contribution in [2.24, 2.45) is 0 Å². The number of rotatable bonds is 8. The van der Waals surface area contributed by atoms with Crippen molar-refractivity contribution in [1.29, 1.82) is 0 Å². The van der Waals surface area contributed by atoms with Crippen molar-refractivity contribution in [3.05, 3.63) is 48.2 Å². The number of methoxy groups -OCH3 is 1. The molecule has 0 saturated heterocycles. The minimum absolute atomic E-state index is 0.0614.